The number of allylic oxidation sites excluding steroid dienone is 2. The van der Waals surface area contributed by atoms with E-state index in [4.69, 9.17) is 9.47 Å². The molecule has 140 valence electrons. The van der Waals surface area contributed by atoms with Crippen LogP contribution in [0.3, 0.4) is 0 Å². The maximum Gasteiger partial charge on any atom is 0.282 e. The van der Waals surface area contributed by atoms with Crippen molar-refractivity contribution in [3.8, 4) is 11.5 Å². The Balaban J connectivity index is 1.66. The largest absolute Gasteiger partial charge is 0.493 e. The summed E-state index contributed by atoms with van der Waals surface area (Å²) >= 11 is 0. The average molecular weight is 371 g/mol. The number of hydrazone groups is 1. The molecule has 27 heavy (non-hydrogen) atoms. The van der Waals surface area contributed by atoms with E-state index < -0.39 is 4.92 Å². The van der Waals surface area contributed by atoms with Gasteiger partial charge in [0.1, 0.15) is 0 Å². The highest BCUT2D eigenvalue weighted by Gasteiger charge is 2.59. The molecule has 9 heteroatoms. The quantitative estimate of drug-likeness (QED) is 0.256. The highest BCUT2D eigenvalue weighted by Crippen LogP contribution is 2.52. The minimum Gasteiger partial charge on any atom is -0.493 e. The van der Waals surface area contributed by atoms with Gasteiger partial charge in [0.15, 0.2) is 11.5 Å². The van der Waals surface area contributed by atoms with Crippen LogP contribution in [0, 0.1) is 33.8 Å². The number of carbonyl (C=O) groups excluding carboxylic acids is 2. The fraction of sp³-hybridized carbons (Fsp3) is 0.389. The normalized spacial score (nSPS) is 28.3. The molecule has 2 fully saturated rings. The molecule has 2 bridgehead atoms. The van der Waals surface area contributed by atoms with E-state index in [9.17, 15) is 19.7 Å². The maximum absolute atomic E-state index is 12.6. The van der Waals surface area contributed by atoms with Gasteiger partial charge in [0.05, 0.1) is 48.8 Å². The molecular weight excluding hydrogens is 354 g/mol. The molecule has 1 aromatic carbocycles. The molecule has 0 N–H and O–H groups in total. The van der Waals surface area contributed by atoms with Crippen LogP contribution in [-0.4, -0.2) is 42.2 Å². The smallest absolute Gasteiger partial charge is 0.282 e. The molecule has 0 aromatic heterocycles. The van der Waals surface area contributed by atoms with Gasteiger partial charge in [-0.25, -0.2) is 0 Å². The van der Waals surface area contributed by atoms with E-state index in [2.05, 4.69) is 5.10 Å². The standard InChI is InChI=1S/C18H17N3O6/c1-26-13-6-11(12(21(24)25)7-14(13)27-2)8-19-20-17(22)15-9-3-4-10(5-9)16(15)18(20)23/h3-4,6-10,15-16H,5H2,1-2H3/t9-,10-,15-,16+/m0/s1. The first kappa shape index (κ1) is 17.2. The SMILES string of the molecule is COc1cc(C=NN2C(=O)[C@@H]3[C@H](C2=O)[C@H]2C=C[C@H]3C2)c([N+](=O)[O-])cc1OC. The predicted octanol–water partition coefficient (Wildman–Crippen LogP) is 1.75. The predicted molar refractivity (Wildman–Crippen MR) is 93.4 cm³/mol. The van der Waals surface area contributed by atoms with Crippen LogP contribution >= 0.6 is 0 Å². The lowest BCUT2D eigenvalue weighted by molar-refractivity contribution is -0.385. The lowest BCUT2D eigenvalue weighted by atomic mass is 9.85. The highest BCUT2D eigenvalue weighted by molar-refractivity contribution is 6.07. The first-order valence-corrected chi connectivity index (χ1v) is 8.46. The molecule has 0 radical (unpaired) electrons. The summed E-state index contributed by atoms with van der Waals surface area (Å²) in [6.45, 7) is 0. The van der Waals surface area contributed by atoms with Crippen LogP contribution in [0.5, 0.6) is 11.5 Å². The van der Waals surface area contributed by atoms with Crippen molar-refractivity contribution in [3.63, 3.8) is 0 Å². The van der Waals surface area contributed by atoms with Gasteiger partial charge in [-0.2, -0.15) is 10.1 Å². The van der Waals surface area contributed by atoms with Gasteiger partial charge in [-0.3, -0.25) is 19.7 Å². The Labute approximate surface area is 154 Å². The van der Waals surface area contributed by atoms with E-state index >= 15 is 0 Å². The van der Waals surface area contributed by atoms with Crippen molar-refractivity contribution >= 4 is 23.7 Å². The third-order valence-electron chi connectivity index (χ3n) is 5.49. The van der Waals surface area contributed by atoms with Gasteiger partial charge in [-0.05, 0) is 24.3 Å². The number of nitro benzene ring substituents is 1. The minimum absolute atomic E-state index is 0.0760. The number of imide groups is 1. The summed E-state index contributed by atoms with van der Waals surface area (Å²) in [6, 6.07) is 2.60. The van der Waals surface area contributed by atoms with Crippen LogP contribution in [0.25, 0.3) is 0 Å². The second-order valence-corrected chi connectivity index (χ2v) is 6.76. The Morgan fingerprint density at radius 3 is 2.19 bits per heavy atom. The summed E-state index contributed by atoms with van der Waals surface area (Å²) in [7, 11) is 2.78. The summed E-state index contributed by atoms with van der Waals surface area (Å²) in [6.07, 6.45) is 5.95. The van der Waals surface area contributed by atoms with Gasteiger partial charge >= 0.3 is 0 Å². The number of benzene rings is 1. The molecule has 9 nitrogen and oxygen atoms in total. The third-order valence-corrected chi connectivity index (χ3v) is 5.49. The molecule has 1 aromatic rings. The number of fused-ring (bicyclic) bond motifs is 5. The van der Waals surface area contributed by atoms with E-state index in [1.54, 1.807) is 0 Å². The van der Waals surface area contributed by atoms with Gasteiger partial charge in [0.2, 0.25) is 0 Å². The zero-order valence-electron chi connectivity index (χ0n) is 14.7. The molecule has 0 spiro atoms. The Hall–Kier alpha value is -3.23. The van der Waals surface area contributed by atoms with Crippen molar-refractivity contribution < 1.29 is 24.0 Å². The van der Waals surface area contributed by atoms with Crippen molar-refractivity contribution in [3.05, 3.63) is 40.0 Å². The Morgan fingerprint density at radius 1 is 1.11 bits per heavy atom. The van der Waals surface area contributed by atoms with E-state index in [0.717, 1.165) is 17.6 Å². The number of hydrogen-bond donors (Lipinski definition) is 0. The highest BCUT2D eigenvalue weighted by atomic mass is 16.6. The molecule has 3 aliphatic rings. The number of nitrogens with zero attached hydrogens (tertiary/aromatic N) is 3. The van der Waals surface area contributed by atoms with Crippen LogP contribution in [0.2, 0.25) is 0 Å². The number of carbonyl (C=O) groups is 2. The monoisotopic (exact) mass is 371 g/mol. The van der Waals surface area contributed by atoms with E-state index in [0.29, 0.717) is 0 Å². The second kappa shape index (κ2) is 6.19. The first-order chi connectivity index (χ1) is 13.0. The molecular formula is C18H17N3O6. The maximum atomic E-state index is 12.6. The second-order valence-electron chi connectivity index (χ2n) is 6.76. The molecule has 1 aliphatic heterocycles. The summed E-state index contributed by atoms with van der Waals surface area (Å²) in [5.41, 5.74) is -0.158. The van der Waals surface area contributed by atoms with Crippen molar-refractivity contribution in [2.45, 2.75) is 6.42 Å². The number of nitro groups is 1. The van der Waals surface area contributed by atoms with Crippen molar-refractivity contribution in [1.82, 2.24) is 5.01 Å². The summed E-state index contributed by atoms with van der Waals surface area (Å²) in [5, 5.41) is 16.2. The average Bonchev–Trinajstić information content (AvgIpc) is 3.34. The Kier molecular flexibility index (Phi) is 3.94. The molecule has 4 atom stereocenters. The van der Waals surface area contributed by atoms with Crippen LogP contribution in [0.1, 0.15) is 12.0 Å². The summed E-state index contributed by atoms with van der Waals surface area (Å²) in [5.74, 6) is -0.800. The van der Waals surface area contributed by atoms with Gasteiger partial charge in [-0.15, -0.1) is 0 Å². The number of ether oxygens (including phenoxy) is 2. The third kappa shape index (κ3) is 2.49. The van der Waals surface area contributed by atoms with E-state index in [1.165, 1.54) is 26.4 Å². The topological polar surface area (TPSA) is 111 Å². The Bertz CT molecular complexity index is 879. The van der Waals surface area contributed by atoms with Crippen LogP contribution in [0.15, 0.2) is 29.4 Å². The zero-order chi connectivity index (χ0) is 19.3. The molecule has 1 heterocycles. The summed E-state index contributed by atoms with van der Waals surface area (Å²) in [4.78, 5) is 36.0. The number of rotatable bonds is 5. The van der Waals surface area contributed by atoms with Gasteiger partial charge in [0.25, 0.3) is 17.5 Å². The molecule has 1 saturated heterocycles. The molecule has 1 saturated carbocycles. The number of amides is 2. The lowest BCUT2D eigenvalue weighted by Crippen LogP contribution is -2.28. The van der Waals surface area contributed by atoms with Gasteiger partial charge in [-0.1, -0.05) is 12.2 Å². The zero-order valence-corrected chi connectivity index (χ0v) is 14.7. The van der Waals surface area contributed by atoms with E-state index in [1.807, 2.05) is 12.2 Å². The summed E-state index contributed by atoms with van der Waals surface area (Å²) < 4.78 is 10.2. The van der Waals surface area contributed by atoms with Crippen molar-refractivity contribution in [2.75, 3.05) is 14.2 Å². The first-order valence-electron chi connectivity index (χ1n) is 8.46. The van der Waals surface area contributed by atoms with Crippen LogP contribution in [-0.2, 0) is 9.59 Å². The molecule has 0 unspecified atom stereocenters. The molecule has 4 rings (SSSR count). The lowest BCUT2D eigenvalue weighted by Gasteiger charge is -2.13. The van der Waals surface area contributed by atoms with Gasteiger partial charge in [0, 0.05) is 0 Å². The van der Waals surface area contributed by atoms with E-state index in [-0.39, 0.29) is 58.2 Å². The van der Waals surface area contributed by atoms with Crippen LogP contribution < -0.4 is 9.47 Å². The Morgan fingerprint density at radius 2 is 1.67 bits per heavy atom. The van der Waals surface area contributed by atoms with Gasteiger partial charge < -0.3 is 9.47 Å². The fourth-order valence-electron chi connectivity index (χ4n) is 4.27. The molecule has 2 amide bonds. The van der Waals surface area contributed by atoms with Crippen molar-refractivity contribution in [1.29, 1.82) is 0 Å². The fourth-order valence-corrected chi connectivity index (χ4v) is 4.27. The molecule has 2 aliphatic carbocycles. The van der Waals surface area contributed by atoms with Crippen molar-refractivity contribution in [2.24, 2.45) is 28.8 Å². The number of hydrogen-bond acceptors (Lipinski definition) is 7. The number of methoxy groups -OCH3 is 2. The van der Waals surface area contributed by atoms with Crippen LogP contribution in [0.4, 0.5) is 5.69 Å². The minimum atomic E-state index is -0.587.